The first-order valence-corrected chi connectivity index (χ1v) is 6.73. The monoisotopic (exact) mass is 274 g/mol. The number of carboxylic acid groups (broad SMARTS) is 1. The van der Waals surface area contributed by atoms with Crippen molar-refractivity contribution in [2.24, 2.45) is 0 Å². The van der Waals surface area contributed by atoms with E-state index in [9.17, 15) is 9.90 Å². The fourth-order valence-corrected chi connectivity index (χ4v) is 2.74. The van der Waals surface area contributed by atoms with Gasteiger partial charge in [-0.3, -0.25) is 0 Å². The van der Waals surface area contributed by atoms with Gasteiger partial charge in [0, 0.05) is 26.2 Å². The number of carbonyl (C=O) groups is 1. The molecule has 1 fully saturated rings. The fraction of sp³-hybridized carbons (Fsp3) is 0.429. The highest BCUT2D eigenvalue weighted by molar-refractivity contribution is 6.01. The highest BCUT2D eigenvalue weighted by atomic mass is 16.4. The molecule has 106 valence electrons. The number of aromatic nitrogens is 2. The minimum atomic E-state index is -0.911. The number of nitrogens with zero attached hydrogens (tertiary/aromatic N) is 4. The zero-order chi connectivity index (χ0) is 14.3. The fourth-order valence-electron chi connectivity index (χ4n) is 2.74. The summed E-state index contributed by atoms with van der Waals surface area (Å²) in [5.41, 5.74) is 1.74. The third-order valence-corrected chi connectivity index (χ3v) is 3.81. The summed E-state index contributed by atoms with van der Waals surface area (Å²) in [4.78, 5) is 18.2. The lowest BCUT2D eigenvalue weighted by Crippen LogP contribution is -2.50. The molecule has 0 amide bonds. The largest absolute Gasteiger partial charge is 0.478 e. The molecular formula is C14H18N4O2. The van der Waals surface area contributed by atoms with E-state index in [1.54, 1.807) is 12.1 Å². The first-order chi connectivity index (χ1) is 9.58. The summed E-state index contributed by atoms with van der Waals surface area (Å²) in [6, 6.07) is 5.24. The van der Waals surface area contributed by atoms with Gasteiger partial charge in [-0.05, 0) is 26.1 Å². The van der Waals surface area contributed by atoms with E-state index in [1.165, 1.54) is 0 Å². The molecule has 0 radical (unpaired) electrons. The van der Waals surface area contributed by atoms with Crippen LogP contribution in [0.15, 0.2) is 18.2 Å². The average molecular weight is 274 g/mol. The predicted molar refractivity (Wildman–Crippen MR) is 76.9 cm³/mol. The van der Waals surface area contributed by atoms with E-state index >= 15 is 0 Å². The van der Waals surface area contributed by atoms with Crippen LogP contribution in [-0.4, -0.2) is 58.9 Å². The normalized spacial score (nSPS) is 16.8. The number of carboxylic acids is 1. The van der Waals surface area contributed by atoms with Gasteiger partial charge in [-0.1, -0.05) is 6.07 Å². The van der Waals surface area contributed by atoms with Gasteiger partial charge in [-0.25, -0.2) is 14.5 Å². The van der Waals surface area contributed by atoms with Gasteiger partial charge in [0.25, 0.3) is 0 Å². The molecule has 1 saturated heterocycles. The number of fused-ring (bicyclic) bond motifs is 1. The number of piperazine rings is 1. The SMILES string of the molecule is Cc1nc2cccc(C(=O)O)c2n1N1CCN(C)CC1. The molecule has 1 N–H and O–H groups in total. The maximum atomic E-state index is 11.4. The van der Waals surface area contributed by atoms with Crippen molar-refractivity contribution in [1.29, 1.82) is 0 Å². The van der Waals surface area contributed by atoms with Crippen LogP contribution in [0.1, 0.15) is 16.2 Å². The maximum absolute atomic E-state index is 11.4. The minimum Gasteiger partial charge on any atom is -0.478 e. The van der Waals surface area contributed by atoms with Crippen LogP contribution in [0.2, 0.25) is 0 Å². The molecule has 0 aliphatic carbocycles. The van der Waals surface area contributed by atoms with Crippen LogP contribution in [0.4, 0.5) is 0 Å². The summed E-state index contributed by atoms with van der Waals surface area (Å²) in [6.45, 7) is 5.60. The zero-order valence-corrected chi connectivity index (χ0v) is 11.7. The quantitative estimate of drug-likeness (QED) is 0.882. The average Bonchev–Trinajstić information content (AvgIpc) is 2.75. The Balaban J connectivity index is 2.14. The van der Waals surface area contributed by atoms with Crippen molar-refractivity contribution < 1.29 is 9.90 Å². The number of aromatic carboxylic acids is 1. The molecule has 6 heteroatoms. The van der Waals surface area contributed by atoms with Crippen LogP contribution >= 0.6 is 0 Å². The summed E-state index contributed by atoms with van der Waals surface area (Å²) in [7, 11) is 2.10. The van der Waals surface area contributed by atoms with Crippen molar-refractivity contribution in [1.82, 2.24) is 14.6 Å². The van der Waals surface area contributed by atoms with Crippen molar-refractivity contribution in [2.45, 2.75) is 6.92 Å². The Morgan fingerprint density at radius 3 is 2.60 bits per heavy atom. The van der Waals surface area contributed by atoms with Gasteiger partial charge in [0.2, 0.25) is 0 Å². The van der Waals surface area contributed by atoms with Crippen LogP contribution in [-0.2, 0) is 0 Å². The summed E-state index contributed by atoms with van der Waals surface area (Å²) in [5, 5.41) is 11.6. The van der Waals surface area contributed by atoms with E-state index in [2.05, 4.69) is 21.9 Å². The summed E-state index contributed by atoms with van der Waals surface area (Å²) in [6.07, 6.45) is 0. The number of rotatable bonds is 2. The molecule has 1 aromatic carbocycles. The third kappa shape index (κ3) is 2.02. The topological polar surface area (TPSA) is 61.6 Å². The Morgan fingerprint density at radius 2 is 1.95 bits per heavy atom. The van der Waals surface area contributed by atoms with Crippen molar-refractivity contribution in [3.8, 4) is 0 Å². The van der Waals surface area contributed by atoms with E-state index in [4.69, 9.17) is 0 Å². The van der Waals surface area contributed by atoms with E-state index in [0.717, 1.165) is 37.5 Å². The molecule has 1 aromatic heterocycles. The number of imidazole rings is 1. The molecule has 1 aliphatic rings. The van der Waals surface area contributed by atoms with Crippen molar-refractivity contribution in [3.05, 3.63) is 29.6 Å². The van der Waals surface area contributed by atoms with Crippen LogP contribution in [0, 0.1) is 6.92 Å². The van der Waals surface area contributed by atoms with E-state index in [0.29, 0.717) is 11.1 Å². The Bertz CT molecular complexity index is 656. The molecule has 3 rings (SSSR count). The molecule has 0 saturated carbocycles. The molecule has 0 atom stereocenters. The predicted octanol–water partition coefficient (Wildman–Crippen LogP) is 0.926. The number of hydrogen-bond acceptors (Lipinski definition) is 4. The Labute approximate surface area is 117 Å². The van der Waals surface area contributed by atoms with Crippen LogP contribution < -0.4 is 5.01 Å². The molecule has 2 aromatic rings. The van der Waals surface area contributed by atoms with Gasteiger partial charge in [-0.2, -0.15) is 0 Å². The number of para-hydroxylation sites is 1. The zero-order valence-electron chi connectivity index (χ0n) is 11.7. The van der Waals surface area contributed by atoms with Gasteiger partial charge < -0.3 is 15.0 Å². The number of hydrogen-bond donors (Lipinski definition) is 1. The third-order valence-electron chi connectivity index (χ3n) is 3.81. The summed E-state index contributed by atoms with van der Waals surface area (Å²) >= 11 is 0. The molecule has 0 unspecified atom stereocenters. The van der Waals surface area contributed by atoms with E-state index in [1.807, 2.05) is 17.7 Å². The molecule has 0 bridgehead atoms. The first kappa shape index (κ1) is 12.9. The van der Waals surface area contributed by atoms with Gasteiger partial charge in [0.15, 0.2) is 0 Å². The molecule has 0 spiro atoms. The van der Waals surface area contributed by atoms with Gasteiger partial charge in [0.05, 0.1) is 11.1 Å². The van der Waals surface area contributed by atoms with E-state index < -0.39 is 5.97 Å². The molecular weight excluding hydrogens is 256 g/mol. The second kappa shape index (κ2) is 4.79. The Hall–Kier alpha value is -2.08. The number of likely N-dealkylation sites (N-methyl/N-ethyl adjacent to an activating group) is 1. The lowest BCUT2D eigenvalue weighted by molar-refractivity contribution is 0.0698. The molecule has 1 aliphatic heterocycles. The number of benzene rings is 1. The molecule has 6 nitrogen and oxygen atoms in total. The van der Waals surface area contributed by atoms with Gasteiger partial charge in [-0.15, -0.1) is 0 Å². The second-order valence-corrected chi connectivity index (χ2v) is 5.21. The van der Waals surface area contributed by atoms with Crippen LogP contribution in [0.3, 0.4) is 0 Å². The van der Waals surface area contributed by atoms with Crippen LogP contribution in [0.25, 0.3) is 11.0 Å². The summed E-state index contributed by atoms with van der Waals surface area (Å²) in [5.74, 6) is -0.0795. The Morgan fingerprint density at radius 1 is 1.25 bits per heavy atom. The Kier molecular flexibility index (Phi) is 3.10. The second-order valence-electron chi connectivity index (χ2n) is 5.21. The first-order valence-electron chi connectivity index (χ1n) is 6.73. The smallest absolute Gasteiger partial charge is 0.337 e. The highest BCUT2D eigenvalue weighted by Gasteiger charge is 2.21. The van der Waals surface area contributed by atoms with Gasteiger partial charge in [0.1, 0.15) is 11.3 Å². The standard InChI is InChI=1S/C14H18N4O2/c1-10-15-12-5-3-4-11(14(19)20)13(12)18(10)17-8-6-16(2)7-9-17/h3-5H,6-9H2,1-2H3,(H,19,20). The van der Waals surface area contributed by atoms with Crippen molar-refractivity contribution >= 4 is 17.0 Å². The molecule has 20 heavy (non-hydrogen) atoms. The van der Waals surface area contributed by atoms with Crippen molar-refractivity contribution in [2.75, 3.05) is 38.2 Å². The van der Waals surface area contributed by atoms with E-state index in [-0.39, 0.29) is 0 Å². The highest BCUT2D eigenvalue weighted by Crippen LogP contribution is 2.21. The maximum Gasteiger partial charge on any atom is 0.337 e. The van der Waals surface area contributed by atoms with Crippen molar-refractivity contribution in [3.63, 3.8) is 0 Å². The summed E-state index contributed by atoms with van der Waals surface area (Å²) < 4.78 is 1.96. The minimum absolute atomic E-state index is 0.307. The number of aryl methyl sites for hydroxylation is 1. The molecule has 2 heterocycles. The lowest BCUT2D eigenvalue weighted by atomic mass is 10.2. The van der Waals surface area contributed by atoms with Crippen LogP contribution in [0.5, 0.6) is 0 Å². The lowest BCUT2D eigenvalue weighted by Gasteiger charge is -2.35. The van der Waals surface area contributed by atoms with Gasteiger partial charge >= 0.3 is 5.97 Å².